The number of hydrogen-bond donors (Lipinski definition) is 3. The van der Waals surface area contributed by atoms with E-state index in [2.05, 4.69) is 10.0 Å². The van der Waals surface area contributed by atoms with Crippen molar-refractivity contribution in [3.8, 4) is 0 Å². The number of sulfonamides is 1. The fourth-order valence-corrected chi connectivity index (χ4v) is 2.32. The van der Waals surface area contributed by atoms with Crippen LogP contribution in [-0.2, 0) is 14.8 Å². The normalized spacial score (nSPS) is 13.2. The summed E-state index contributed by atoms with van der Waals surface area (Å²) in [5.74, 6) is -0.299. The minimum Gasteiger partial charge on any atom is -0.348 e. The lowest BCUT2D eigenvalue weighted by Gasteiger charge is -2.22. The van der Waals surface area contributed by atoms with Crippen LogP contribution in [0.25, 0.3) is 0 Å². The van der Waals surface area contributed by atoms with Crippen molar-refractivity contribution >= 4 is 28.3 Å². The zero-order chi connectivity index (χ0) is 15.6. The largest absolute Gasteiger partial charge is 0.348 e. The van der Waals surface area contributed by atoms with Gasteiger partial charge in [-0.1, -0.05) is 12.1 Å². The molecular formula is C13H22ClN3O3S. The number of carbonyl (C=O) groups excluding carboxylic acids is 1. The van der Waals surface area contributed by atoms with Crippen LogP contribution < -0.4 is 15.8 Å². The average Bonchev–Trinajstić information content (AvgIpc) is 2.37. The van der Waals surface area contributed by atoms with Crippen LogP contribution >= 0.6 is 12.4 Å². The van der Waals surface area contributed by atoms with E-state index in [4.69, 9.17) is 5.73 Å². The highest BCUT2D eigenvalue weighted by Crippen LogP contribution is 2.18. The van der Waals surface area contributed by atoms with Gasteiger partial charge in [0.15, 0.2) is 0 Å². The molecule has 0 fully saturated rings. The third kappa shape index (κ3) is 5.28. The molecule has 0 radical (unpaired) electrons. The molecule has 1 rings (SSSR count). The molecule has 1 atom stereocenters. The predicted molar refractivity (Wildman–Crippen MR) is 84.8 cm³/mol. The van der Waals surface area contributed by atoms with E-state index in [1.165, 1.54) is 19.2 Å². The number of hydrogen-bond acceptors (Lipinski definition) is 4. The Kier molecular flexibility index (Phi) is 6.82. The van der Waals surface area contributed by atoms with Crippen LogP contribution in [0.2, 0.25) is 0 Å². The number of nitrogens with two attached hydrogens (primary N) is 1. The summed E-state index contributed by atoms with van der Waals surface area (Å²) in [7, 11) is -2.15. The molecule has 0 spiro atoms. The number of rotatable bonds is 5. The van der Waals surface area contributed by atoms with E-state index in [-0.39, 0.29) is 29.3 Å². The Balaban J connectivity index is 0.00000400. The highest BCUT2D eigenvalue weighted by atomic mass is 35.5. The van der Waals surface area contributed by atoms with Gasteiger partial charge in [0.05, 0.1) is 16.5 Å². The third-order valence-corrected chi connectivity index (χ3v) is 4.28. The first-order valence-electron chi connectivity index (χ1n) is 6.21. The molecule has 0 aliphatic carbocycles. The first-order chi connectivity index (χ1) is 9.08. The van der Waals surface area contributed by atoms with Gasteiger partial charge >= 0.3 is 0 Å². The summed E-state index contributed by atoms with van der Waals surface area (Å²) in [6, 6.07) is 6.08. The van der Waals surface area contributed by atoms with Gasteiger partial charge in [-0.15, -0.1) is 12.4 Å². The molecule has 21 heavy (non-hydrogen) atoms. The molecule has 6 nitrogen and oxygen atoms in total. The molecule has 0 heterocycles. The summed E-state index contributed by atoms with van der Waals surface area (Å²) in [6.45, 7) is 4.99. The lowest BCUT2D eigenvalue weighted by Crippen LogP contribution is -2.49. The molecule has 120 valence electrons. The molecule has 0 saturated carbocycles. The fraction of sp³-hybridized carbons (Fsp3) is 0.462. The first kappa shape index (κ1) is 19.9. The monoisotopic (exact) mass is 335 g/mol. The van der Waals surface area contributed by atoms with Gasteiger partial charge in [-0.3, -0.25) is 4.79 Å². The van der Waals surface area contributed by atoms with Crippen molar-refractivity contribution in [2.45, 2.75) is 37.2 Å². The Hall–Kier alpha value is -1.15. The van der Waals surface area contributed by atoms with Gasteiger partial charge in [-0.05, 0) is 45.5 Å². The molecule has 0 aliphatic rings. The number of amides is 1. The zero-order valence-corrected chi connectivity index (χ0v) is 14.1. The maximum absolute atomic E-state index is 11.8. The Bertz CT molecular complexity index is 597. The smallest absolute Gasteiger partial charge is 0.240 e. The van der Waals surface area contributed by atoms with E-state index in [0.29, 0.717) is 5.56 Å². The first-order valence-corrected chi connectivity index (χ1v) is 7.69. The van der Waals surface area contributed by atoms with Gasteiger partial charge in [0.2, 0.25) is 15.9 Å². The fourth-order valence-electron chi connectivity index (χ4n) is 1.53. The summed E-state index contributed by atoms with van der Waals surface area (Å²) in [5.41, 5.74) is 5.42. The number of nitrogens with one attached hydrogen (secondary N) is 2. The molecule has 4 N–H and O–H groups in total. The van der Waals surface area contributed by atoms with Crippen LogP contribution in [0.4, 0.5) is 0 Å². The minimum atomic E-state index is -3.50. The molecule has 0 bridgehead atoms. The molecule has 0 saturated heterocycles. The zero-order valence-electron chi connectivity index (χ0n) is 12.5. The highest BCUT2D eigenvalue weighted by Gasteiger charge is 2.24. The summed E-state index contributed by atoms with van der Waals surface area (Å²) in [6.07, 6.45) is 0. The molecule has 1 unspecified atom stereocenters. The second-order valence-corrected chi connectivity index (χ2v) is 7.08. The molecule has 8 heteroatoms. The average molecular weight is 336 g/mol. The van der Waals surface area contributed by atoms with Crippen molar-refractivity contribution in [2.24, 2.45) is 5.73 Å². The van der Waals surface area contributed by atoms with Crippen LogP contribution in [0.15, 0.2) is 29.2 Å². The standard InChI is InChI=1S/C13H21N3O3S.ClH/c1-9(16-12(17)13(2,3)14)10-6-5-7-11(8-10)20(18,19)15-4;/h5-9,15H,14H2,1-4H3,(H,16,17);1H. The number of benzene rings is 1. The van der Waals surface area contributed by atoms with Gasteiger partial charge < -0.3 is 11.1 Å². The van der Waals surface area contributed by atoms with Crippen LogP contribution in [0.3, 0.4) is 0 Å². The summed E-state index contributed by atoms with van der Waals surface area (Å²) >= 11 is 0. The quantitative estimate of drug-likeness (QED) is 0.745. The Labute approximate surface area is 132 Å². The minimum absolute atomic E-state index is 0. The van der Waals surface area contributed by atoms with E-state index in [1.807, 2.05) is 0 Å². The van der Waals surface area contributed by atoms with Crippen LogP contribution in [0.5, 0.6) is 0 Å². The topological polar surface area (TPSA) is 101 Å². The van der Waals surface area contributed by atoms with Crippen LogP contribution in [0, 0.1) is 0 Å². The second kappa shape index (κ2) is 7.22. The van der Waals surface area contributed by atoms with Crippen molar-refractivity contribution in [2.75, 3.05) is 7.05 Å². The van der Waals surface area contributed by atoms with Gasteiger partial charge in [0.1, 0.15) is 0 Å². The SMILES string of the molecule is CNS(=O)(=O)c1cccc(C(C)NC(=O)C(C)(C)N)c1.Cl. The van der Waals surface area contributed by atoms with E-state index in [1.54, 1.807) is 32.9 Å². The molecular weight excluding hydrogens is 314 g/mol. The van der Waals surface area contributed by atoms with Crippen molar-refractivity contribution in [1.29, 1.82) is 0 Å². The van der Waals surface area contributed by atoms with Crippen molar-refractivity contribution < 1.29 is 13.2 Å². The maximum Gasteiger partial charge on any atom is 0.240 e. The van der Waals surface area contributed by atoms with E-state index >= 15 is 0 Å². The lowest BCUT2D eigenvalue weighted by atomic mass is 10.0. The van der Waals surface area contributed by atoms with Gasteiger partial charge in [0, 0.05) is 0 Å². The highest BCUT2D eigenvalue weighted by molar-refractivity contribution is 7.89. The Morgan fingerprint density at radius 2 is 1.90 bits per heavy atom. The van der Waals surface area contributed by atoms with Gasteiger partial charge in [0.25, 0.3) is 0 Å². The van der Waals surface area contributed by atoms with E-state index < -0.39 is 15.6 Å². The molecule has 1 aromatic rings. The summed E-state index contributed by atoms with van der Waals surface area (Å²) < 4.78 is 25.7. The van der Waals surface area contributed by atoms with Crippen LogP contribution in [0.1, 0.15) is 32.4 Å². The predicted octanol–water partition coefficient (Wildman–Crippen LogP) is 0.931. The van der Waals surface area contributed by atoms with Gasteiger partial charge in [-0.2, -0.15) is 0 Å². The Morgan fingerprint density at radius 3 is 2.38 bits per heavy atom. The van der Waals surface area contributed by atoms with Crippen molar-refractivity contribution in [3.63, 3.8) is 0 Å². The van der Waals surface area contributed by atoms with Gasteiger partial charge in [-0.25, -0.2) is 13.1 Å². The van der Waals surface area contributed by atoms with E-state index in [0.717, 1.165) is 0 Å². The number of halogens is 1. The number of carbonyl (C=O) groups is 1. The maximum atomic E-state index is 11.8. The molecule has 0 aromatic heterocycles. The summed E-state index contributed by atoms with van der Waals surface area (Å²) in [4.78, 5) is 12.0. The second-order valence-electron chi connectivity index (χ2n) is 5.20. The van der Waals surface area contributed by atoms with Crippen molar-refractivity contribution in [3.05, 3.63) is 29.8 Å². The summed E-state index contributed by atoms with van der Waals surface area (Å²) in [5, 5.41) is 2.75. The lowest BCUT2D eigenvalue weighted by molar-refractivity contribution is -0.125. The molecule has 1 amide bonds. The molecule has 1 aromatic carbocycles. The Morgan fingerprint density at radius 1 is 1.33 bits per heavy atom. The molecule has 0 aliphatic heterocycles. The van der Waals surface area contributed by atoms with Crippen molar-refractivity contribution in [1.82, 2.24) is 10.0 Å². The third-order valence-electron chi connectivity index (χ3n) is 2.87. The van der Waals surface area contributed by atoms with E-state index in [9.17, 15) is 13.2 Å². The van der Waals surface area contributed by atoms with Crippen LogP contribution in [-0.4, -0.2) is 26.9 Å².